The van der Waals surface area contributed by atoms with Gasteiger partial charge in [-0.25, -0.2) is 4.79 Å². The topological polar surface area (TPSA) is 112 Å². The van der Waals surface area contributed by atoms with E-state index in [0.717, 1.165) is 18.5 Å². The second-order valence-electron chi connectivity index (χ2n) is 6.72. The predicted molar refractivity (Wildman–Crippen MR) is 110 cm³/mol. The molecule has 1 aromatic carbocycles. The summed E-state index contributed by atoms with van der Waals surface area (Å²) in [6.07, 6.45) is 3.16. The summed E-state index contributed by atoms with van der Waals surface area (Å²) >= 11 is 0. The molecule has 0 unspecified atom stereocenters. The van der Waals surface area contributed by atoms with Gasteiger partial charge in [0.25, 0.3) is 0 Å². The number of benzene rings is 1. The standard InChI is InChI=1S/C21H25N3O6/c1-14(21(25)26)23-24-19-6-5-17(11-20(19)30-16-7-9-28-10-8-16)29-18-4-3-15(13-27-2)22-12-18/h3-6,11-12,16,24H,7-10,13H2,1-2H3,(H,25,26)/b23-14+. The molecule has 1 fully saturated rings. The monoisotopic (exact) mass is 415 g/mol. The number of nitrogens with zero attached hydrogens (tertiary/aromatic N) is 2. The van der Waals surface area contributed by atoms with Crippen molar-refractivity contribution < 1.29 is 28.8 Å². The van der Waals surface area contributed by atoms with Crippen LogP contribution in [0.1, 0.15) is 25.5 Å². The fourth-order valence-corrected chi connectivity index (χ4v) is 2.76. The summed E-state index contributed by atoms with van der Waals surface area (Å²) in [6.45, 7) is 3.12. The third-order valence-electron chi connectivity index (χ3n) is 4.39. The van der Waals surface area contributed by atoms with Crippen molar-refractivity contribution in [1.29, 1.82) is 0 Å². The highest BCUT2D eigenvalue weighted by Gasteiger charge is 2.18. The zero-order valence-corrected chi connectivity index (χ0v) is 17.0. The molecule has 9 heteroatoms. The number of carboxylic acid groups (broad SMARTS) is 1. The number of nitrogens with one attached hydrogen (secondary N) is 1. The number of aromatic nitrogens is 1. The zero-order chi connectivity index (χ0) is 21.3. The number of aliphatic carboxylic acids is 1. The van der Waals surface area contributed by atoms with Crippen molar-refractivity contribution in [1.82, 2.24) is 4.98 Å². The zero-order valence-electron chi connectivity index (χ0n) is 17.0. The van der Waals surface area contributed by atoms with E-state index >= 15 is 0 Å². The van der Waals surface area contributed by atoms with Gasteiger partial charge in [-0.2, -0.15) is 5.10 Å². The molecule has 0 saturated carbocycles. The van der Waals surface area contributed by atoms with E-state index in [1.165, 1.54) is 6.92 Å². The van der Waals surface area contributed by atoms with Gasteiger partial charge in [-0.1, -0.05) is 0 Å². The van der Waals surface area contributed by atoms with Crippen molar-refractivity contribution in [3.63, 3.8) is 0 Å². The summed E-state index contributed by atoms with van der Waals surface area (Å²) < 4.78 is 22.5. The molecule has 1 aliphatic heterocycles. The van der Waals surface area contributed by atoms with Crippen LogP contribution in [0.15, 0.2) is 41.6 Å². The molecule has 30 heavy (non-hydrogen) atoms. The maximum absolute atomic E-state index is 11.0. The Morgan fingerprint density at radius 1 is 1.27 bits per heavy atom. The van der Waals surface area contributed by atoms with Gasteiger partial charge in [0.15, 0.2) is 0 Å². The van der Waals surface area contributed by atoms with Crippen molar-refractivity contribution in [3.05, 3.63) is 42.2 Å². The number of hydrogen-bond donors (Lipinski definition) is 2. The Bertz CT molecular complexity index is 879. The Morgan fingerprint density at radius 2 is 2.03 bits per heavy atom. The highest BCUT2D eigenvalue weighted by molar-refractivity contribution is 6.34. The van der Waals surface area contributed by atoms with Gasteiger partial charge in [-0.05, 0) is 31.2 Å². The average molecular weight is 415 g/mol. The summed E-state index contributed by atoms with van der Waals surface area (Å²) in [5.74, 6) is 0.555. The Hall–Kier alpha value is -3.17. The van der Waals surface area contributed by atoms with Crippen LogP contribution in [0.2, 0.25) is 0 Å². The van der Waals surface area contributed by atoms with Crippen molar-refractivity contribution in [2.75, 3.05) is 25.7 Å². The molecule has 1 aliphatic rings. The quantitative estimate of drug-likeness (QED) is 0.473. The highest BCUT2D eigenvalue weighted by atomic mass is 16.5. The van der Waals surface area contributed by atoms with Gasteiger partial charge in [0, 0.05) is 26.0 Å². The van der Waals surface area contributed by atoms with Gasteiger partial charge >= 0.3 is 5.97 Å². The van der Waals surface area contributed by atoms with Crippen LogP contribution in [0.25, 0.3) is 0 Å². The first-order valence-electron chi connectivity index (χ1n) is 9.59. The summed E-state index contributed by atoms with van der Waals surface area (Å²) in [7, 11) is 1.61. The maximum atomic E-state index is 11.0. The normalized spacial score (nSPS) is 14.9. The summed E-state index contributed by atoms with van der Waals surface area (Å²) in [6, 6.07) is 8.86. The third kappa shape index (κ3) is 6.16. The van der Waals surface area contributed by atoms with Crippen LogP contribution < -0.4 is 14.9 Å². The number of carboxylic acids is 1. The van der Waals surface area contributed by atoms with Crippen LogP contribution in [0.3, 0.4) is 0 Å². The van der Waals surface area contributed by atoms with E-state index in [2.05, 4.69) is 15.5 Å². The van der Waals surface area contributed by atoms with Crippen LogP contribution in [-0.2, 0) is 20.9 Å². The van der Waals surface area contributed by atoms with E-state index < -0.39 is 5.97 Å². The number of ether oxygens (including phenoxy) is 4. The molecule has 2 N–H and O–H groups in total. The number of methoxy groups -OCH3 is 1. The smallest absolute Gasteiger partial charge is 0.351 e. The van der Waals surface area contributed by atoms with Crippen molar-refractivity contribution in [3.8, 4) is 17.2 Å². The molecule has 1 aromatic heterocycles. The van der Waals surface area contributed by atoms with Crippen LogP contribution in [0.4, 0.5) is 5.69 Å². The first-order chi connectivity index (χ1) is 14.5. The highest BCUT2D eigenvalue weighted by Crippen LogP contribution is 2.33. The number of carbonyl (C=O) groups is 1. The molecule has 9 nitrogen and oxygen atoms in total. The Labute approximate surface area is 174 Å². The van der Waals surface area contributed by atoms with Crippen LogP contribution >= 0.6 is 0 Å². The summed E-state index contributed by atoms with van der Waals surface area (Å²) in [5, 5.41) is 12.9. The van der Waals surface area contributed by atoms with Crippen molar-refractivity contribution >= 4 is 17.4 Å². The molecule has 2 aromatic rings. The van der Waals surface area contributed by atoms with E-state index in [4.69, 9.17) is 24.1 Å². The Kier molecular flexibility index (Phi) is 7.58. The molecule has 0 spiro atoms. The maximum Gasteiger partial charge on any atom is 0.351 e. The molecule has 0 amide bonds. The van der Waals surface area contributed by atoms with Crippen LogP contribution in [0.5, 0.6) is 17.2 Å². The van der Waals surface area contributed by atoms with E-state index in [9.17, 15) is 4.79 Å². The second kappa shape index (κ2) is 10.6. The number of pyridine rings is 1. The van der Waals surface area contributed by atoms with E-state index in [1.807, 2.05) is 12.1 Å². The lowest BCUT2D eigenvalue weighted by atomic mass is 10.1. The molecule has 0 radical (unpaired) electrons. The van der Waals surface area contributed by atoms with Gasteiger partial charge in [0.05, 0.1) is 37.4 Å². The van der Waals surface area contributed by atoms with Gasteiger partial charge < -0.3 is 24.1 Å². The molecule has 2 heterocycles. The summed E-state index contributed by atoms with van der Waals surface area (Å²) in [5.41, 5.74) is 4.05. The average Bonchev–Trinajstić information content (AvgIpc) is 2.75. The lowest BCUT2D eigenvalue weighted by molar-refractivity contribution is -0.129. The third-order valence-corrected chi connectivity index (χ3v) is 4.39. The Balaban J connectivity index is 1.79. The SMILES string of the molecule is COCc1ccc(Oc2ccc(N/N=C(\C)C(=O)O)c(OC3CCOCC3)c2)cn1. The molecule has 0 bridgehead atoms. The number of rotatable bonds is 9. The van der Waals surface area contributed by atoms with E-state index in [0.29, 0.717) is 42.8 Å². The van der Waals surface area contributed by atoms with Gasteiger partial charge in [0.2, 0.25) is 0 Å². The minimum atomic E-state index is -1.10. The van der Waals surface area contributed by atoms with E-state index in [1.54, 1.807) is 31.5 Å². The minimum Gasteiger partial charge on any atom is -0.488 e. The fraction of sp³-hybridized carbons (Fsp3) is 0.381. The molecule has 160 valence electrons. The van der Waals surface area contributed by atoms with Crippen molar-refractivity contribution in [2.24, 2.45) is 5.10 Å². The number of hydrogen-bond acceptors (Lipinski definition) is 8. The Morgan fingerprint density at radius 3 is 2.70 bits per heavy atom. The first-order valence-corrected chi connectivity index (χ1v) is 9.59. The molecular weight excluding hydrogens is 390 g/mol. The van der Waals surface area contributed by atoms with Crippen LogP contribution in [0, 0.1) is 0 Å². The first kappa shape index (κ1) is 21.5. The largest absolute Gasteiger partial charge is 0.488 e. The minimum absolute atomic E-state index is 0.00547. The van der Waals surface area contributed by atoms with Gasteiger partial charge in [0.1, 0.15) is 29.1 Å². The van der Waals surface area contributed by atoms with Gasteiger partial charge in [-0.3, -0.25) is 10.4 Å². The summed E-state index contributed by atoms with van der Waals surface area (Å²) in [4.78, 5) is 15.3. The molecule has 3 rings (SSSR count). The van der Waals surface area contributed by atoms with Crippen molar-refractivity contribution in [2.45, 2.75) is 32.5 Å². The molecule has 0 atom stereocenters. The molecule has 0 aliphatic carbocycles. The fourth-order valence-electron chi connectivity index (χ4n) is 2.76. The molecule has 1 saturated heterocycles. The van der Waals surface area contributed by atoms with Crippen LogP contribution in [-0.4, -0.2) is 48.2 Å². The lowest BCUT2D eigenvalue weighted by Gasteiger charge is -2.24. The van der Waals surface area contributed by atoms with Gasteiger partial charge in [-0.15, -0.1) is 0 Å². The molecular formula is C21H25N3O6. The second-order valence-corrected chi connectivity index (χ2v) is 6.72. The number of hydrazone groups is 1. The number of anilines is 1. The predicted octanol–water partition coefficient (Wildman–Crippen LogP) is 3.45. The lowest BCUT2D eigenvalue weighted by Crippen LogP contribution is -2.26. The van der Waals surface area contributed by atoms with E-state index in [-0.39, 0.29) is 11.8 Å².